The van der Waals surface area contributed by atoms with Crippen molar-refractivity contribution in [2.24, 2.45) is 0 Å². The Morgan fingerprint density at radius 1 is 1.56 bits per heavy atom. The first-order chi connectivity index (χ1) is 7.27. The molecule has 3 nitrogen and oxygen atoms in total. The molecule has 16 heavy (non-hydrogen) atoms. The highest BCUT2D eigenvalue weighted by molar-refractivity contribution is 5.85. The van der Waals surface area contributed by atoms with Crippen LogP contribution >= 0.6 is 12.4 Å². The number of nitrogens with one attached hydrogen (secondary N) is 1. The monoisotopic (exact) mass is 241 g/mol. The van der Waals surface area contributed by atoms with E-state index in [4.69, 9.17) is 0 Å². The fourth-order valence-electron chi connectivity index (χ4n) is 2.02. The second-order valence-electron chi connectivity index (χ2n) is 4.27. The fourth-order valence-corrected chi connectivity index (χ4v) is 2.02. The van der Waals surface area contributed by atoms with Crippen molar-refractivity contribution in [1.82, 2.24) is 15.2 Å². The molecule has 0 saturated carbocycles. The summed E-state index contributed by atoms with van der Waals surface area (Å²) in [5, 5.41) is 3.41. The molecule has 0 aromatic carbocycles. The Bertz CT molecular complexity index is 330. The molecule has 0 radical (unpaired) electrons. The number of hydrogen-bond acceptors (Lipinski definition) is 3. The van der Waals surface area contributed by atoms with Gasteiger partial charge in [0.05, 0.1) is 0 Å². The number of piperazine rings is 1. The maximum Gasteiger partial charge on any atom is 0.0417 e. The lowest BCUT2D eigenvalue weighted by atomic mass is 10.1. The van der Waals surface area contributed by atoms with Crippen molar-refractivity contribution in [3.8, 4) is 0 Å². The Morgan fingerprint density at radius 2 is 2.38 bits per heavy atom. The summed E-state index contributed by atoms with van der Waals surface area (Å²) in [4.78, 5) is 6.84. The lowest BCUT2D eigenvalue weighted by molar-refractivity contribution is 0.165. The van der Waals surface area contributed by atoms with Gasteiger partial charge in [0, 0.05) is 44.1 Å². The normalized spacial score (nSPS) is 21.5. The Hall–Kier alpha value is -0.640. The first kappa shape index (κ1) is 13.4. The van der Waals surface area contributed by atoms with Gasteiger partial charge in [-0.25, -0.2) is 0 Å². The second-order valence-corrected chi connectivity index (χ2v) is 4.27. The molecular weight excluding hydrogens is 222 g/mol. The molecule has 0 amide bonds. The van der Waals surface area contributed by atoms with Crippen LogP contribution in [0.2, 0.25) is 0 Å². The van der Waals surface area contributed by atoms with Crippen LogP contribution in [-0.4, -0.2) is 35.6 Å². The van der Waals surface area contributed by atoms with Gasteiger partial charge >= 0.3 is 0 Å². The van der Waals surface area contributed by atoms with E-state index in [2.05, 4.69) is 35.1 Å². The SMILES string of the molecule is Cc1ncccc1CN1CCNC[C@H]1C.Cl. The predicted molar refractivity (Wildman–Crippen MR) is 69.0 cm³/mol. The van der Waals surface area contributed by atoms with Crippen LogP contribution in [0.15, 0.2) is 18.3 Å². The van der Waals surface area contributed by atoms with Gasteiger partial charge in [0.1, 0.15) is 0 Å². The molecule has 1 aliphatic rings. The lowest BCUT2D eigenvalue weighted by Gasteiger charge is -2.34. The average Bonchev–Trinajstić information content (AvgIpc) is 2.24. The maximum absolute atomic E-state index is 4.33. The lowest BCUT2D eigenvalue weighted by Crippen LogP contribution is -2.49. The van der Waals surface area contributed by atoms with E-state index < -0.39 is 0 Å². The van der Waals surface area contributed by atoms with Crippen LogP contribution in [-0.2, 0) is 6.54 Å². The number of halogens is 1. The summed E-state index contributed by atoms with van der Waals surface area (Å²) in [6.45, 7) is 8.72. The van der Waals surface area contributed by atoms with Crippen LogP contribution < -0.4 is 5.32 Å². The first-order valence-corrected chi connectivity index (χ1v) is 5.62. The molecule has 0 aliphatic carbocycles. The van der Waals surface area contributed by atoms with Crippen molar-refractivity contribution < 1.29 is 0 Å². The van der Waals surface area contributed by atoms with Gasteiger partial charge in [-0.3, -0.25) is 9.88 Å². The van der Waals surface area contributed by atoms with E-state index in [0.29, 0.717) is 6.04 Å². The highest BCUT2D eigenvalue weighted by Crippen LogP contribution is 2.11. The minimum absolute atomic E-state index is 0. The largest absolute Gasteiger partial charge is 0.314 e. The zero-order chi connectivity index (χ0) is 10.7. The highest BCUT2D eigenvalue weighted by Gasteiger charge is 2.18. The Morgan fingerprint density at radius 3 is 3.06 bits per heavy atom. The van der Waals surface area contributed by atoms with Gasteiger partial charge in [0.2, 0.25) is 0 Å². The molecule has 1 aliphatic heterocycles. The van der Waals surface area contributed by atoms with E-state index in [-0.39, 0.29) is 12.4 Å². The van der Waals surface area contributed by atoms with Gasteiger partial charge < -0.3 is 5.32 Å². The highest BCUT2D eigenvalue weighted by atomic mass is 35.5. The molecule has 1 aromatic heterocycles. The minimum Gasteiger partial charge on any atom is -0.314 e. The zero-order valence-electron chi connectivity index (χ0n) is 9.94. The standard InChI is InChI=1S/C12H19N3.ClH/c1-10-8-13-6-7-15(10)9-12-4-3-5-14-11(12)2;/h3-5,10,13H,6-9H2,1-2H3;1H/t10-;/m1./s1. The third kappa shape index (κ3) is 3.17. The van der Waals surface area contributed by atoms with Crippen molar-refractivity contribution in [1.29, 1.82) is 0 Å². The fraction of sp³-hybridized carbons (Fsp3) is 0.583. The zero-order valence-corrected chi connectivity index (χ0v) is 10.8. The number of hydrogen-bond donors (Lipinski definition) is 1. The summed E-state index contributed by atoms with van der Waals surface area (Å²) in [5.74, 6) is 0. The van der Waals surface area contributed by atoms with Crippen molar-refractivity contribution in [3.05, 3.63) is 29.6 Å². The molecule has 1 N–H and O–H groups in total. The van der Waals surface area contributed by atoms with Crippen molar-refractivity contribution >= 4 is 12.4 Å². The van der Waals surface area contributed by atoms with Crippen molar-refractivity contribution in [2.45, 2.75) is 26.4 Å². The molecule has 0 unspecified atom stereocenters. The second kappa shape index (κ2) is 6.18. The number of nitrogens with zero attached hydrogens (tertiary/aromatic N) is 2. The van der Waals surface area contributed by atoms with Crippen LogP contribution in [0.5, 0.6) is 0 Å². The number of rotatable bonds is 2. The molecule has 1 saturated heterocycles. The Kier molecular flexibility index (Phi) is 5.19. The quantitative estimate of drug-likeness (QED) is 0.853. The molecule has 0 bridgehead atoms. The summed E-state index contributed by atoms with van der Waals surface area (Å²) in [6, 6.07) is 4.82. The molecule has 2 heterocycles. The van der Waals surface area contributed by atoms with Gasteiger partial charge in [-0.15, -0.1) is 12.4 Å². The maximum atomic E-state index is 4.33. The Labute approximate surface area is 104 Å². The molecule has 1 aromatic rings. The van der Waals surface area contributed by atoms with Crippen LogP contribution in [0.3, 0.4) is 0 Å². The predicted octanol–water partition coefficient (Wildman–Crippen LogP) is 1.61. The average molecular weight is 242 g/mol. The molecule has 1 atom stereocenters. The summed E-state index contributed by atoms with van der Waals surface area (Å²) in [5.41, 5.74) is 2.51. The first-order valence-electron chi connectivity index (χ1n) is 5.62. The van der Waals surface area contributed by atoms with Gasteiger partial charge in [0.15, 0.2) is 0 Å². The molecule has 2 rings (SSSR count). The number of pyridine rings is 1. The van der Waals surface area contributed by atoms with E-state index in [1.54, 1.807) is 0 Å². The third-order valence-electron chi connectivity index (χ3n) is 3.13. The number of aryl methyl sites for hydroxylation is 1. The summed E-state index contributed by atoms with van der Waals surface area (Å²) < 4.78 is 0. The van der Waals surface area contributed by atoms with E-state index in [9.17, 15) is 0 Å². The number of aromatic nitrogens is 1. The van der Waals surface area contributed by atoms with Gasteiger partial charge in [-0.2, -0.15) is 0 Å². The van der Waals surface area contributed by atoms with Crippen LogP contribution in [0, 0.1) is 6.92 Å². The van der Waals surface area contributed by atoms with Crippen molar-refractivity contribution in [3.63, 3.8) is 0 Å². The van der Waals surface area contributed by atoms with Crippen LogP contribution in [0.4, 0.5) is 0 Å². The smallest absolute Gasteiger partial charge is 0.0417 e. The van der Waals surface area contributed by atoms with Crippen LogP contribution in [0.1, 0.15) is 18.2 Å². The molecule has 4 heteroatoms. The molecule has 90 valence electrons. The molecule has 0 spiro atoms. The third-order valence-corrected chi connectivity index (χ3v) is 3.13. The molecular formula is C12H20ClN3. The van der Waals surface area contributed by atoms with E-state index in [1.165, 1.54) is 5.56 Å². The van der Waals surface area contributed by atoms with E-state index >= 15 is 0 Å². The Balaban J connectivity index is 0.00000128. The summed E-state index contributed by atoms with van der Waals surface area (Å²) in [7, 11) is 0. The van der Waals surface area contributed by atoms with Crippen molar-refractivity contribution in [2.75, 3.05) is 19.6 Å². The summed E-state index contributed by atoms with van der Waals surface area (Å²) in [6.07, 6.45) is 1.86. The van der Waals surface area contributed by atoms with E-state index in [1.807, 2.05) is 12.3 Å². The van der Waals surface area contributed by atoms with Gasteiger partial charge in [-0.1, -0.05) is 6.07 Å². The van der Waals surface area contributed by atoms with Crippen LogP contribution in [0.25, 0.3) is 0 Å². The minimum atomic E-state index is 0. The van der Waals surface area contributed by atoms with E-state index in [0.717, 1.165) is 31.9 Å². The summed E-state index contributed by atoms with van der Waals surface area (Å²) >= 11 is 0. The van der Waals surface area contributed by atoms with Gasteiger partial charge in [-0.05, 0) is 25.5 Å². The van der Waals surface area contributed by atoms with Gasteiger partial charge in [0.25, 0.3) is 0 Å². The molecule has 1 fully saturated rings. The topological polar surface area (TPSA) is 28.2 Å².